The molecule has 1 amide bonds. The van der Waals surface area contributed by atoms with Crippen LogP contribution < -0.4 is 21.3 Å². The van der Waals surface area contributed by atoms with E-state index in [-0.39, 0.29) is 23.7 Å². The van der Waals surface area contributed by atoms with Gasteiger partial charge in [0.1, 0.15) is 5.75 Å². The highest BCUT2D eigenvalue weighted by atomic mass is 16.3. The van der Waals surface area contributed by atoms with Crippen molar-refractivity contribution in [2.75, 3.05) is 48.3 Å². The summed E-state index contributed by atoms with van der Waals surface area (Å²) >= 11 is 0. The number of hydrogen-bond donors (Lipinski definition) is 3. The molecule has 3 aromatic rings. The summed E-state index contributed by atoms with van der Waals surface area (Å²) < 4.78 is 0. The van der Waals surface area contributed by atoms with Crippen molar-refractivity contribution >= 4 is 23.4 Å². The highest BCUT2D eigenvalue weighted by Crippen LogP contribution is 2.38. The number of likely N-dealkylation sites (tertiary alicyclic amines) is 1. The first kappa shape index (κ1) is 26.2. The van der Waals surface area contributed by atoms with Crippen molar-refractivity contribution in [3.8, 4) is 17.0 Å². The second kappa shape index (κ2) is 11.2. The first-order valence-electron chi connectivity index (χ1n) is 14.2. The van der Waals surface area contributed by atoms with Crippen molar-refractivity contribution in [2.24, 2.45) is 5.73 Å². The monoisotopic (exact) mass is 543 g/mol. The third kappa shape index (κ3) is 5.38. The molecule has 2 aromatic heterocycles. The average Bonchev–Trinajstić information content (AvgIpc) is 3.23. The van der Waals surface area contributed by atoms with Crippen LogP contribution >= 0.6 is 0 Å². The minimum atomic E-state index is -0.223. The van der Waals surface area contributed by atoms with E-state index < -0.39 is 0 Å². The zero-order valence-corrected chi connectivity index (χ0v) is 22.7. The van der Waals surface area contributed by atoms with Crippen molar-refractivity contribution in [3.63, 3.8) is 0 Å². The third-order valence-electron chi connectivity index (χ3n) is 8.65. The Morgan fingerprint density at radius 2 is 1.70 bits per heavy atom. The maximum absolute atomic E-state index is 11.0. The SMILES string of the molecule is NC(=O)CCCN1CCC(c2cnc(N3C4CCC3CN(c3cc(-c5ccccc5O)nnc3N)C4)nc2)CC1. The summed E-state index contributed by atoms with van der Waals surface area (Å²) in [5.41, 5.74) is 14.9. The lowest BCUT2D eigenvalue weighted by atomic mass is 9.91. The van der Waals surface area contributed by atoms with Crippen molar-refractivity contribution in [2.45, 2.75) is 56.5 Å². The number of amides is 1. The molecular weight excluding hydrogens is 506 g/mol. The Hall–Kier alpha value is -3.99. The topological polar surface area (TPSA) is 151 Å². The number of carbonyl (C=O) groups is 1. The molecular formula is C29H37N9O2. The van der Waals surface area contributed by atoms with E-state index in [4.69, 9.17) is 21.4 Å². The number of phenolic OH excluding ortho intramolecular Hbond substituents is 1. The number of carbonyl (C=O) groups excluding carboxylic acids is 1. The molecule has 2 bridgehead atoms. The number of piperidine rings is 1. The summed E-state index contributed by atoms with van der Waals surface area (Å²) in [6, 6.07) is 9.64. The summed E-state index contributed by atoms with van der Waals surface area (Å²) in [4.78, 5) is 27.8. The number of aromatic nitrogens is 4. The van der Waals surface area contributed by atoms with Gasteiger partial charge < -0.3 is 31.3 Å². The Balaban J connectivity index is 1.10. The number of para-hydroxylation sites is 1. The van der Waals surface area contributed by atoms with Gasteiger partial charge in [0.05, 0.1) is 11.4 Å². The van der Waals surface area contributed by atoms with E-state index in [0.29, 0.717) is 29.4 Å². The number of piperazine rings is 1. The van der Waals surface area contributed by atoms with Crippen LogP contribution in [0.4, 0.5) is 17.5 Å². The van der Waals surface area contributed by atoms with Gasteiger partial charge in [0, 0.05) is 49.6 Å². The fourth-order valence-corrected chi connectivity index (χ4v) is 6.53. The molecule has 210 valence electrons. The largest absolute Gasteiger partial charge is 0.507 e. The molecule has 3 saturated heterocycles. The summed E-state index contributed by atoms with van der Waals surface area (Å²) in [5, 5.41) is 18.8. The standard InChI is InChI=1S/C29H37N9O2/c30-27(40)6-3-11-36-12-9-19(10-13-36)20-15-32-29(33-16-20)38-21-7-8-22(38)18-37(17-21)25-14-24(34-35-28(25)31)23-4-1-2-5-26(23)39/h1-2,4-5,14-16,19,21-22,39H,3,6-13,17-18H2,(H2,30,40)(H2,31,35). The summed E-state index contributed by atoms with van der Waals surface area (Å²) in [5.74, 6) is 1.61. The molecule has 2 unspecified atom stereocenters. The maximum atomic E-state index is 11.0. The fraction of sp³-hybridized carbons (Fsp3) is 0.483. The molecule has 5 N–H and O–H groups in total. The van der Waals surface area contributed by atoms with Crippen molar-refractivity contribution in [1.82, 2.24) is 25.1 Å². The van der Waals surface area contributed by atoms with Gasteiger partial charge in [-0.25, -0.2) is 9.97 Å². The van der Waals surface area contributed by atoms with Gasteiger partial charge in [0.2, 0.25) is 11.9 Å². The van der Waals surface area contributed by atoms with Gasteiger partial charge in [-0.2, -0.15) is 0 Å². The average molecular weight is 544 g/mol. The van der Waals surface area contributed by atoms with Crippen LogP contribution in [0.25, 0.3) is 11.3 Å². The molecule has 0 radical (unpaired) electrons. The number of hydrogen-bond acceptors (Lipinski definition) is 10. The smallest absolute Gasteiger partial charge is 0.225 e. The van der Waals surface area contributed by atoms with E-state index in [1.165, 1.54) is 5.56 Å². The number of nitrogens with two attached hydrogens (primary N) is 2. The Morgan fingerprint density at radius 1 is 1.00 bits per heavy atom. The Bertz CT molecular complexity index is 1330. The van der Waals surface area contributed by atoms with Crippen LogP contribution in [0, 0.1) is 0 Å². The molecule has 11 heteroatoms. The van der Waals surface area contributed by atoms with Crippen LogP contribution in [0.3, 0.4) is 0 Å². The molecule has 40 heavy (non-hydrogen) atoms. The van der Waals surface area contributed by atoms with E-state index in [1.807, 2.05) is 30.6 Å². The Labute approximate surface area is 234 Å². The first-order chi connectivity index (χ1) is 19.5. The second-order valence-corrected chi connectivity index (χ2v) is 11.2. The molecule has 3 fully saturated rings. The van der Waals surface area contributed by atoms with Gasteiger partial charge in [0.15, 0.2) is 5.82 Å². The van der Waals surface area contributed by atoms with E-state index in [2.05, 4.69) is 24.9 Å². The van der Waals surface area contributed by atoms with Crippen LogP contribution in [0.15, 0.2) is 42.7 Å². The van der Waals surface area contributed by atoms with Crippen molar-refractivity contribution in [3.05, 3.63) is 48.3 Å². The Morgan fingerprint density at radius 3 is 2.38 bits per heavy atom. The number of primary amides is 1. The lowest BCUT2D eigenvalue weighted by Crippen LogP contribution is -2.54. The van der Waals surface area contributed by atoms with Crippen LogP contribution in [0.5, 0.6) is 5.75 Å². The molecule has 3 aliphatic rings. The molecule has 0 aliphatic carbocycles. The molecule has 0 saturated carbocycles. The fourth-order valence-electron chi connectivity index (χ4n) is 6.53. The quantitative estimate of drug-likeness (QED) is 0.387. The lowest BCUT2D eigenvalue weighted by molar-refractivity contribution is -0.118. The van der Waals surface area contributed by atoms with E-state index in [1.54, 1.807) is 12.1 Å². The van der Waals surface area contributed by atoms with Crippen LogP contribution in [0.1, 0.15) is 50.0 Å². The highest BCUT2D eigenvalue weighted by molar-refractivity contribution is 5.74. The highest BCUT2D eigenvalue weighted by Gasteiger charge is 2.42. The number of nitrogens with zero attached hydrogens (tertiary/aromatic N) is 7. The minimum Gasteiger partial charge on any atom is -0.507 e. The minimum absolute atomic E-state index is 0.170. The third-order valence-corrected chi connectivity index (χ3v) is 8.65. The molecule has 11 nitrogen and oxygen atoms in total. The van der Waals surface area contributed by atoms with Crippen LogP contribution in [0.2, 0.25) is 0 Å². The van der Waals surface area contributed by atoms with Gasteiger partial charge >= 0.3 is 0 Å². The van der Waals surface area contributed by atoms with Crippen LogP contribution in [-0.2, 0) is 4.79 Å². The summed E-state index contributed by atoms with van der Waals surface area (Å²) in [7, 11) is 0. The van der Waals surface area contributed by atoms with E-state index >= 15 is 0 Å². The molecule has 5 heterocycles. The molecule has 1 aromatic carbocycles. The normalized spacial score (nSPS) is 21.6. The molecule has 0 spiro atoms. The lowest BCUT2D eigenvalue weighted by Gasteiger charge is -2.42. The number of aromatic hydroxyl groups is 1. The van der Waals surface area contributed by atoms with Gasteiger partial charge in [-0.3, -0.25) is 4.79 Å². The van der Waals surface area contributed by atoms with Gasteiger partial charge in [-0.05, 0) is 81.4 Å². The number of nitrogen functional groups attached to an aromatic ring is 1. The molecule has 3 aliphatic heterocycles. The summed E-state index contributed by atoms with van der Waals surface area (Å²) in [6.45, 7) is 4.57. The maximum Gasteiger partial charge on any atom is 0.225 e. The number of fused-ring (bicyclic) bond motifs is 2. The number of anilines is 3. The molecule has 6 rings (SSSR count). The van der Waals surface area contributed by atoms with Gasteiger partial charge in [-0.15, -0.1) is 10.2 Å². The first-order valence-corrected chi connectivity index (χ1v) is 14.2. The van der Waals surface area contributed by atoms with E-state index in [0.717, 1.165) is 76.5 Å². The van der Waals surface area contributed by atoms with Crippen molar-refractivity contribution in [1.29, 1.82) is 0 Å². The van der Waals surface area contributed by atoms with E-state index in [9.17, 15) is 9.90 Å². The summed E-state index contributed by atoms with van der Waals surface area (Å²) in [6.07, 6.45) is 9.63. The van der Waals surface area contributed by atoms with Crippen LogP contribution in [-0.4, -0.2) is 80.9 Å². The van der Waals surface area contributed by atoms with Gasteiger partial charge in [0.25, 0.3) is 0 Å². The Kier molecular flexibility index (Phi) is 7.38. The van der Waals surface area contributed by atoms with Crippen molar-refractivity contribution < 1.29 is 9.90 Å². The number of rotatable bonds is 8. The predicted molar refractivity (Wildman–Crippen MR) is 154 cm³/mol. The zero-order valence-electron chi connectivity index (χ0n) is 22.7. The number of phenols is 1. The van der Waals surface area contributed by atoms with Gasteiger partial charge in [-0.1, -0.05) is 12.1 Å². The number of benzene rings is 1. The second-order valence-electron chi connectivity index (χ2n) is 11.2. The zero-order chi connectivity index (χ0) is 27.6. The predicted octanol–water partition coefficient (Wildman–Crippen LogP) is 2.52. The molecule has 2 atom stereocenters.